The highest BCUT2D eigenvalue weighted by molar-refractivity contribution is 7.42. The Balaban J connectivity index is 1.87. The summed E-state index contributed by atoms with van der Waals surface area (Å²) in [6, 6.07) is 9.41. The molecule has 17 heavy (non-hydrogen) atoms. The van der Waals surface area contributed by atoms with E-state index in [9.17, 15) is 0 Å². The van der Waals surface area contributed by atoms with Crippen LogP contribution in [0.4, 0.5) is 0 Å². The fraction of sp³-hybridized carbons (Fsp3) is 0.455. The predicted molar refractivity (Wildman–Crippen MR) is 62.6 cm³/mol. The summed E-state index contributed by atoms with van der Waals surface area (Å²) in [5, 5.41) is 0. The molecule has 1 aromatic rings. The second-order valence-corrected chi connectivity index (χ2v) is 4.64. The number of benzene rings is 1. The Morgan fingerprint density at radius 3 is 2.18 bits per heavy atom. The molecular formula is C11H15O5P. The summed E-state index contributed by atoms with van der Waals surface area (Å²) >= 11 is 0. The fourth-order valence-corrected chi connectivity index (χ4v) is 2.40. The van der Waals surface area contributed by atoms with Crippen molar-refractivity contribution in [2.45, 2.75) is 5.79 Å². The molecular weight excluding hydrogens is 243 g/mol. The molecule has 1 aromatic carbocycles. The van der Waals surface area contributed by atoms with E-state index in [1.165, 1.54) is 0 Å². The van der Waals surface area contributed by atoms with Gasteiger partial charge >= 0.3 is 8.60 Å². The molecule has 6 heteroatoms. The Bertz CT molecular complexity index is 331. The lowest BCUT2D eigenvalue weighted by Crippen LogP contribution is -2.45. The third-order valence-electron chi connectivity index (χ3n) is 2.45. The van der Waals surface area contributed by atoms with Gasteiger partial charge in [-0.25, -0.2) is 0 Å². The maximum absolute atomic E-state index is 5.55. The maximum atomic E-state index is 5.55. The molecule has 0 saturated carbocycles. The van der Waals surface area contributed by atoms with Crippen molar-refractivity contribution < 1.29 is 23.0 Å². The lowest BCUT2D eigenvalue weighted by molar-refractivity contribution is -0.250. The standard InChI is InChI=1S/C11H15O5P/c1-12-11(13-2)8-14-17(15-9-11)16-10-6-4-3-5-7-10/h3-7H,8-9H2,1-2H3. The normalized spacial score (nSPS) is 20.1. The van der Waals surface area contributed by atoms with Crippen LogP contribution in [0, 0.1) is 0 Å². The molecule has 0 amide bonds. The number of hydrogen-bond acceptors (Lipinski definition) is 5. The molecule has 0 unspecified atom stereocenters. The zero-order valence-electron chi connectivity index (χ0n) is 9.79. The molecule has 0 aromatic heterocycles. The molecule has 5 nitrogen and oxygen atoms in total. The number of para-hydroxylation sites is 1. The summed E-state index contributed by atoms with van der Waals surface area (Å²) in [4.78, 5) is 0. The summed E-state index contributed by atoms with van der Waals surface area (Å²) in [5.41, 5.74) is 0. The van der Waals surface area contributed by atoms with Crippen LogP contribution in [0.1, 0.15) is 0 Å². The van der Waals surface area contributed by atoms with Crippen molar-refractivity contribution >= 4 is 8.60 Å². The van der Waals surface area contributed by atoms with Crippen LogP contribution in [0.25, 0.3) is 0 Å². The van der Waals surface area contributed by atoms with Crippen molar-refractivity contribution in [3.8, 4) is 5.75 Å². The smallest absolute Gasteiger partial charge is 0.397 e. The van der Waals surface area contributed by atoms with Gasteiger partial charge in [0, 0.05) is 14.2 Å². The first-order chi connectivity index (χ1) is 8.28. The van der Waals surface area contributed by atoms with Gasteiger partial charge in [0.05, 0.1) is 0 Å². The second kappa shape index (κ2) is 5.76. The van der Waals surface area contributed by atoms with Crippen LogP contribution in [0.3, 0.4) is 0 Å². The van der Waals surface area contributed by atoms with Gasteiger partial charge in [0.1, 0.15) is 19.0 Å². The van der Waals surface area contributed by atoms with Crippen molar-refractivity contribution in [3.63, 3.8) is 0 Å². The quantitative estimate of drug-likeness (QED) is 0.612. The third kappa shape index (κ3) is 3.15. The lowest BCUT2D eigenvalue weighted by atomic mass is 10.3. The van der Waals surface area contributed by atoms with Gasteiger partial charge < -0.3 is 14.0 Å². The highest BCUT2D eigenvalue weighted by Crippen LogP contribution is 2.45. The van der Waals surface area contributed by atoms with E-state index in [1.54, 1.807) is 14.2 Å². The molecule has 0 spiro atoms. The summed E-state index contributed by atoms with van der Waals surface area (Å²) < 4.78 is 26.9. The zero-order valence-corrected chi connectivity index (χ0v) is 10.7. The highest BCUT2D eigenvalue weighted by Gasteiger charge is 2.39. The fourth-order valence-electron chi connectivity index (χ4n) is 1.32. The van der Waals surface area contributed by atoms with Crippen LogP contribution >= 0.6 is 8.60 Å². The van der Waals surface area contributed by atoms with Crippen LogP contribution in [-0.2, 0) is 18.5 Å². The molecule has 0 bridgehead atoms. The second-order valence-electron chi connectivity index (χ2n) is 3.49. The minimum absolute atomic E-state index is 0.290. The minimum Gasteiger partial charge on any atom is -0.427 e. The first kappa shape index (κ1) is 12.7. The Morgan fingerprint density at radius 2 is 1.65 bits per heavy atom. The topological polar surface area (TPSA) is 46.2 Å². The van der Waals surface area contributed by atoms with Gasteiger partial charge in [-0.05, 0) is 12.1 Å². The Kier molecular flexibility index (Phi) is 4.31. The Hall–Kier alpha value is -0.710. The predicted octanol–water partition coefficient (Wildman–Crippen LogP) is 2.33. The molecule has 1 heterocycles. The van der Waals surface area contributed by atoms with Gasteiger partial charge in [-0.1, -0.05) is 18.2 Å². The lowest BCUT2D eigenvalue weighted by Gasteiger charge is -2.35. The van der Waals surface area contributed by atoms with E-state index >= 15 is 0 Å². The Labute approximate surface area is 102 Å². The monoisotopic (exact) mass is 258 g/mol. The van der Waals surface area contributed by atoms with Crippen LogP contribution in [-0.4, -0.2) is 33.2 Å². The molecule has 1 aliphatic heterocycles. The molecule has 1 saturated heterocycles. The summed E-state index contributed by atoms with van der Waals surface area (Å²) in [7, 11) is 1.74. The Morgan fingerprint density at radius 1 is 1.06 bits per heavy atom. The summed E-state index contributed by atoms with van der Waals surface area (Å²) in [6.07, 6.45) is 0. The van der Waals surface area contributed by atoms with E-state index in [0.717, 1.165) is 5.75 Å². The average Bonchev–Trinajstić information content (AvgIpc) is 2.41. The molecule has 0 atom stereocenters. The number of hydrogen-bond donors (Lipinski definition) is 0. The van der Waals surface area contributed by atoms with E-state index in [2.05, 4.69) is 0 Å². The van der Waals surface area contributed by atoms with Crippen molar-refractivity contribution in [1.82, 2.24) is 0 Å². The third-order valence-corrected chi connectivity index (χ3v) is 3.49. The van der Waals surface area contributed by atoms with E-state index in [1.807, 2.05) is 30.3 Å². The van der Waals surface area contributed by atoms with Gasteiger partial charge in [-0.2, -0.15) is 0 Å². The number of methoxy groups -OCH3 is 2. The first-order valence-electron chi connectivity index (χ1n) is 5.17. The molecule has 2 rings (SSSR count). The van der Waals surface area contributed by atoms with Crippen molar-refractivity contribution in [2.24, 2.45) is 0 Å². The average molecular weight is 258 g/mol. The molecule has 0 aliphatic carbocycles. The van der Waals surface area contributed by atoms with E-state index < -0.39 is 14.4 Å². The largest absolute Gasteiger partial charge is 0.427 e. The van der Waals surface area contributed by atoms with Gasteiger partial charge in [0.25, 0.3) is 0 Å². The summed E-state index contributed by atoms with van der Waals surface area (Å²) in [5.74, 6) is -0.0975. The van der Waals surface area contributed by atoms with Crippen molar-refractivity contribution in [2.75, 3.05) is 27.4 Å². The van der Waals surface area contributed by atoms with E-state index in [-0.39, 0.29) is 0 Å². The summed E-state index contributed by atoms with van der Waals surface area (Å²) in [6.45, 7) is 0.580. The minimum atomic E-state index is -1.38. The van der Waals surface area contributed by atoms with Gasteiger partial charge in [0.15, 0.2) is 0 Å². The number of ether oxygens (including phenoxy) is 2. The molecule has 1 fully saturated rings. The van der Waals surface area contributed by atoms with Crippen LogP contribution in [0.15, 0.2) is 30.3 Å². The zero-order chi connectivity index (χ0) is 12.1. The molecule has 0 radical (unpaired) electrons. The van der Waals surface area contributed by atoms with Crippen LogP contribution < -0.4 is 4.52 Å². The number of rotatable bonds is 4. The molecule has 0 N–H and O–H groups in total. The van der Waals surface area contributed by atoms with Gasteiger partial charge in [-0.3, -0.25) is 9.05 Å². The maximum Gasteiger partial charge on any atom is 0.397 e. The van der Waals surface area contributed by atoms with Crippen molar-refractivity contribution in [3.05, 3.63) is 30.3 Å². The first-order valence-corrected chi connectivity index (χ1v) is 6.27. The van der Waals surface area contributed by atoms with Gasteiger partial charge in [0.2, 0.25) is 5.79 Å². The van der Waals surface area contributed by atoms with E-state index in [0.29, 0.717) is 13.2 Å². The molecule has 1 aliphatic rings. The van der Waals surface area contributed by atoms with Crippen molar-refractivity contribution in [1.29, 1.82) is 0 Å². The molecule has 94 valence electrons. The highest BCUT2D eigenvalue weighted by atomic mass is 31.2. The van der Waals surface area contributed by atoms with Crippen LogP contribution in [0.5, 0.6) is 5.75 Å². The SMILES string of the molecule is COC1(OC)COP(Oc2ccccc2)OC1. The van der Waals surface area contributed by atoms with E-state index in [4.69, 9.17) is 23.0 Å². The van der Waals surface area contributed by atoms with Crippen LogP contribution in [0.2, 0.25) is 0 Å². The van der Waals surface area contributed by atoms with Gasteiger partial charge in [-0.15, -0.1) is 0 Å².